The molecule has 0 N–H and O–H groups in total. The van der Waals surface area contributed by atoms with Crippen molar-refractivity contribution in [3.63, 3.8) is 0 Å². The first-order valence-electron chi connectivity index (χ1n) is 11.2. The molecule has 1 aliphatic rings. The molecule has 1 atom stereocenters. The minimum atomic E-state index is -4.59. The van der Waals surface area contributed by atoms with Crippen molar-refractivity contribution in [1.82, 2.24) is 4.90 Å². The molecule has 0 spiro atoms. The summed E-state index contributed by atoms with van der Waals surface area (Å²) in [7, 11) is 2.98. The van der Waals surface area contributed by atoms with Gasteiger partial charge in [-0.15, -0.1) is 0 Å². The highest BCUT2D eigenvalue weighted by Gasteiger charge is 2.35. The topological polar surface area (TPSA) is 91.1 Å². The van der Waals surface area contributed by atoms with Crippen molar-refractivity contribution < 1.29 is 37.1 Å². The summed E-state index contributed by atoms with van der Waals surface area (Å²) in [5.41, 5.74) is 0.461. The number of amides is 1. The van der Waals surface area contributed by atoms with Gasteiger partial charge in [0, 0.05) is 24.2 Å². The van der Waals surface area contributed by atoms with Gasteiger partial charge in [0.15, 0.2) is 11.5 Å². The van der Waals surface area contributed by atoms with Crippen molar-refractivity contribution in [1.29, 1.82) is 0 Å². The number of ether oxygens (including phenoxy) is 3. The quantitative estimate of drug-likeness (QED) is 0.306. The second kappa shape index (κ2) is 10.4. The van der Waals surface area contributed by atoms with Gasteiger partial charge in [0.1, 0.15) is 12.4 Å². The fourth-order valence-corrected chi connectivity index (χ4v) is 4.28. The van der Waals surface area contributed by atoms with Crippen molar-refractivity contribution in [2.45, 2.75) is 18.6 Å². The second-order valence-electron chi connectivity index (χ2n) is 8.31. The van der Waals surface area contributed by atoms with E-state index in [1.807, 2.05) is 0 Å². The number of halogens is 3. The van der Waals surface area contributed by atoms with Gasteiger partial charge in [-0.2, -0.15) is 13.2 Å². The van der Waals surface area contributed by atoms with Crippen LogP contribution in [-0.4, -0.2) is 43.1 Å². The summed E-state index contributed by atoms with van der Waals surface area (Å²) in [4.78, 5) is 25.3. The molecular weight excluding hydrogens is 493 g/mol. The largest absolute Gasteiger partial charge is 0.493 e. The molecule has 37 heavy (non-hydrogen) atoms. The molecule has 194 valence electrons. The number of hydrogen-bond acceptors (Lipinski definition) is 6. The molecule has 0 bridgehead atoms. The molecule has 0 aliphatic carbocycles. The van der Waals surface area contributed by atoms with Gasteiger partial charge in [-0.1, -0.05) is 6.07 Å². The Labute approximate surface area is 210 Å². The Morgan fingerprint density at radius 1 is 1.05 bits per heavy atom. The van der Waals surface area contributed by atoms with Gasteiger partial charge in [0.2, 0.25) is 0 Å². The maximum atomic E-state index is 13.5. The van der Waals surface area contributed by atoms with Gasteiger partial charge >= 0.3 is 6.18 Å². The zero-order valence-electron chi connectivity index (χ0n) is 19.9. The molecule has 3 aromatic rings. The maximum Gasteiger partial charge on any atom is 0.416 e. The highest BCUT2D eigenvalue weighted by molar-refractivity contribution is 5.95. The zero-order valence-corrected chi connectivity index (χ0v) is 19.9. The highest BCUT2D eigenvalue weighted by atomic mass is 19.4. The number of methoxy groups -OCH3 is 2. The Balaban J connectivity index is 1.70. The molecule has 11 heteroatoms. The minimum absolute atomic E-state index is 0.0506. The van der Waals surface area contributed by atoms with E-state index in [1.54, 1.807) is 12.1 Å². The number of rotatable bonds is 7. The number of fused-ring (bicyclic) bond motifs is 1. The Morgan fingerprint density at radius 3 is 2.35 bits per heavy atom. The molecule has 0 saturated heterocycles. The SMILES string of the molecule is COc1cc2c(cc1OC)[C@H](COc1ccc([N+](=O)[O-])cc1)N(C(=O)c1cccc(C(F)(F)F)c1)CC2. The Bertz CT molecular complexity index is 1310. The minimum Gasteiger partial charge on any atom is -0.493 e. The smallest absolute Gasteiger partial charge is 0.416 e. The van der Waals surface area contributed by atoms with Crippen LogP contribution in [0.1, 0.15) is 33.1 Å². The highest BCUT2D eigenvalue weighted by Crippen LogP contribution is 2.39. The molecule has 3 aromatic carbocycles. The van der Waals surface area contributed by atoms with Crippen LogP contribution < -0.4 is 14.2 Å². The Morgan fingerprint density at radius 2 is 1.73 bits per heavy atom. The molecule has 0 radical (unpaired) electrons. The molecule has 4 rings (SSSR count). The lowest BCUT2D eigenvalue weighted by atomic mass is 9.91. The zero-order chi connectivity index (χ0) is 26.7. The van der Waals surface area contributed by atoms with Crippen LogP contribution in [-0.2, 0) is 12.6 Å². The van der Waals surface area contributed by atoms with E-state index in [0.717, 1.165) is 17.7 Å². The molecule has 0 saturated carbocycles. The summed E-state index contributed by atoms with van der Waals surface area (Å²) < 4.78 is 56.5. The molecule has 8 nitrogen and oxygen atoms in total. The molecule has 0 fully saturated rings. The number of benzene rings is 3. The van der Waals surface area contributed by atoms with Crippen LogP contribution in [0.25, 0.3) is 0 Å². The van der Waals surface area contributed by atoms with Gasteiger partial charge in [0.25, 0.3) is 11.6 Å². The van der Waals surface area contributed by atoms with Gasteiger partial charge in [-0.25, -0.2) is 0 Å². The van der Waals surface area contributed by atoms with Crippen molar-refractivity contribution in [2.75, 3.05) is 27.4 Å². The summed E-state index contributed by atoms with van der Waals surface area (Å²) in [5.74, 6) is 0.692. The predicted molar refractivity (Wildman–Crippen MR) is 127 cm³/mol. The first-order valence-corrected chi connectivity index (χ1v) is 11.2. The monoisotopic (exact) mass is 516 g/mol. The van der Waals surface area contributed by atoms with E-state index in [2.05, 4.69) is 0 Å². The van der Waals surface area contributed by atoms with Crippen molar-refractivity contribution in [3.8, 4) is 17.2 Å². The lowest BCUT2D eigenvalue weighted by Gasteiger charge is -2.37. The van der Waals surface area contributed by atoms with Gasteiger partial charge in [-0.05, 0) is 60.0 Å². The summed E-state index contributed by atoms with van der Waals surface area (Å²) in [5, 5.41) is 10.9. The van der Waals surface area contributed by atoms with E-state index in [0.29, 0.717) is 29.2 Å². The summed E-state index contributed by atoms with van der Waals surface area (Å²) in [6.07, 6.45) is -4.15. The maximum absolute atomic E-state index is 13.5. The molecule has 1 amide bonds. The number of nitrogens with zero attached hydrogens (tertiary/aromatic N) is 2. The predicted octanol–water partition coefficient (Wildman–Crippen LogP) is 5.45. The van der Waals surface area contributed by atoms with Crippen molar-refractivity contribution >= 4 is 11.6 Å². The van der Waals surface area contributed by atoms with Crippen LogP contribution in [0.15, 0.2) is 60.7 Å². The van der Waals surface area contributed by atoms with Crippen LogP contribution in [0.5, 0.6) is 17.2 Å². The van der Waals surface area contributed by atoms with Crippen LogP contribution in [0, 0.1) is 10.1 Å². The number of nitro groups is 1. The third-order valence-corrected chi connectivity index (χ3v) is 6.16. The first-order chi connectivity index (χ1) is 17.6. The number of non-ortho nitro benzene ring substituents is 1. The molecule has 1 aliphatic heterocycles. The van der Waals surface area contributed by atoms with E-state index in [-0.39, 0.29) is 24.4 Å². The third-order valence-electron chi connectivity index (χ3n) is 6.16. The standard InChI is InChI=1S/C26H23F3N2O6/c1-35-23-13-16-10-11-30(25(32)17-4-3-5-18(12-17)26(27,28)29)22(21(16)14-24(23)36-2)15-37-20-8-6-19(7-9-20)31(33)34/h3-9,12-14,22H,10-11,15H2,1-2H3/t22-/m0/s1. The van der Waals surface area contributed by atoms with Gasteiger partial charge in [-0.3, -0.25) is 14.9 Å². The Hall–Kier alpha value is -4.28. The van der Waals surface area contributed by atoms with Gasteiger partial charge < -0.3 is 19.1 Å². The summed E-state index contributed by atoms with van der Waals surface area (Å²) in [6, 6.07) is 12.6. The van der Waals surface area contributed by atoms with Gasteiger partial charge in [0.05, 0.1) is 30.7 Å². The average molecular weight is 516 g/mol. The third kappa shape index (κ3) is 5.45. The molecule has 0 unspecified atom stereocenters. The number of nitro benzene ring substituents is 1. The van der Waals surface area contributed by atoms with Crippen molar-refractivity contribution in [3.05, 3.63) is 93.0 Å². The number of carbonyl (C=O) groups excluding carboxylic acids is 1. The van der Waals surface area contributed by atoms with Crippen LogP contribution >= 0.6 is 0 Å². The molecule has 1 heterocycles. The van der Waals surface area contributed by atoms with E-state index < -0.39 is 28.6 Å². The molecular formula is C26H23F3N2O6. The first kappa shape index (κ1) is 25.8. The van der Waals surface area contributed by atoms with Crippen LogP contribution in [0.3, 0.4) is 0 Å². The van der Waals surface area contributed by atoms with E-state index in [4.69, 9.17) is 14.2 Å². The van der Waals surface area contributed by atoms with Crippen LogP contribution in [0.4, 0.5) is 18.9 Å². The van der Waals surface area contributed by atoms with E-state index >= 15 is 0 Å². The fraction of sp³-hybridized carbons (Fsp3) is 0.269. The lowest BCUT2D eigenvalue weighted by molar-refractivity contribution is -0.384. The van der Waals surface area contributed by atoms with E-state index in [9.17, 15) is 28.1 Å². The van der Waals surface area contributed by atoms with E-state index in [1.165, 1.54) is 55.5 Å². The van der Waals surface area contributed by atoms with Crippen LogP contribution in [0.2, 0.25) is 0 Å². The number of alkyl halides is 3. The average Bonchev–Trinajstić information content (AvgIpc) is 2.90. The fourth-order valence-electron chi connectivity index (χ4n) is 4.28. The Kier molecular flexibility index (Phi) is 7.23. The lowest BCUT2D eigenvalue weighted by Crippen LogP contribution is -2.42. The number of carbonyl (C=O) groups is 1. The summed E-state index contributed by atoms with van der Waals surface area (Å²) in [6.45, 7) is 0.177. The summed E-state index contributed by atoms with van der Waals surface area (Å²) >= 11 is 0. The van der Waals surface area contributed by atoms with Crippen molar-refractivity contribution in [2.24, 2.45) is 0 Å². The second-order valence-corrected chi connectivity index (χ2v) is 8.31. The number of hydrogen-bond donors (Lipinski definition) is 0. The molecule has 0 aromatic heterocycles. The normalized spacial score (nSPS) is 15.1.